The maximum absolute atomic E-state index is 10.7. The number of nitrogens with one attached hydrogen (secondary N) is 1. The lowest BCUT2D eigenvalue weighted by Crippen LogP contribution is -2.41. The molecule has 1 atom stereocenters. The van der Waals surface area contributed by atoms with Crippen molar-refractivity contribution in [2.45, 2.75) is 18.9 Å². The fourth-order valence-corrected chi connectivity index (χ4v) is 4.81. The Hall–Kier alpha value is -3.22. The van der Waals surface area contributed by atoms with E-state index in [9.17, 15) is 5.11 Å². The van der Waals surface area contributed by atoms with Gasteiger partial charge in [0.2, 0.25) is 0 Å². The molecule has 3 aromatic carbocycles. The quantitative estimate of drug-likeness (QED) is 0.373. The van der Waals surface area contributed by atoms with Crippen LogP contribution in [0.2, 0.25) is 0 Å². The summed E-state index contributed by atoms with van der Waals surface area (Å²) < 4.78 is 17.5. The third kappa shape index (κ3) is 4.98. The first-order valence-electron chi connectivity index (χ1n) is 12.0. The largest absolute Gasteiger partial charge is 0.493 e. The number of benzene rings is 3. The molecule has 0 spiro atoms. The second-order valence-electron chi connectivity index (χ2n) is 9.02. The van der Waals surface area contributed by atoms with Gasteiger partial charge in [-0.15, -0.1) is 0 Å². The van der Waals surface area contributed by atoms with E-state index in [1.165, 1.54) is 0 Å². The van der Waals surface area contributed by atoms with Gasteiger partial charge in [-0.25, -0.2) is 0 Å². The lowest BCUT2D eigenvalue weighted by molar-refractivity contribution is 0.0506. The molecule has 6 nitrogen and oxygen atoms in total. The highest BCUT2D eigenvalue weighted by atomic mass is 16.5. The zero-order chi connectivity index (χ0) is 23.3. The molecule has 1 unspecified atom stereocenters. The van der Waals surface area contributed by atoms with Crippen molar-refractivity contribution in [3.63, 3.8) is 0 Å². The summed E-state index contributed by atoms with van der Waals surface area (Å²) in [7, 11) is 1.66. The van der Waals surface area contributed by atoms with Crippen LogP contribution < -0.4 is 14.2 Å². The average molecular weight is 461 g/mol. The van der Waals surface area contributed by atoms with Gasteiger partial charge in [-0.3, -0.25) is 0 Å². The first-order valence-corrected chi connectivity index (χ1v) is 12.0. The van der Waals surface area contributed by atoms with Gasteiger partial charge in [0, 0.05) is 22.8 Å². The van der Waals surface area contributed by atoms with Crippen LogP contribution in [-0.2, 0) is 0 Å². The Morgan fingerprint density at radius 1 is 0.882 bits per heavy atom. The summed E-state index contributed by atoms with van der Waals surface area (Å²) in [4.78, 5) is 5.75. The maximum atomic E-state index is 10.7. The number of aliphatic hydroxyl groups excluding tert-OH is 1. The lowest BCUT2D eigenvalue weighted by Gasteiger charge is -2.33. The van der Waals surface area contributed by atoms with Gasteiger partial charge in [-0.1, -0.05) is 36.4 Å². The molecular formula is C28H32N2O4. The number of ether oxygens (including phenoxy) is 3. The molecule has 1 aliphatic heterocycles. The molecule has 0 bridgehead atoms. The highest BCUT2D eigenvalue weighted by molar-refractivity contribution is 6.10. The van der Waals surface area contributed by atoms with E-state index in [-0.39, 0.29) is 6.61 Å². The summed E-state index contributed by atoms with van der Waals surface area (Å²) in [6.07, 6.45) is 1.57. The number of β-amino-alcohol motifs (C(OH)–C–C–N with tert-alkyl or cyclic N) is 1. The average Bonchev–Trinajstić information content (AvgIpc) is 3.26. The Balaban J connectivity index is 1.10. The van der Waals surface area contributed by atoms with Crippen molar-refractivity contribution in [1.29, 1.82) is 0 Å². The molecule has 0 saturated carbocycles. The van der Waals surface area contributed by atoms with Crippen LogP contribution in [0.4, 0.5) is 0 Å². The summed E-state index contributed by atoms with van der Waals surface area (Å²) in [6.45, 7) is 3.48. The minimum Gasteiger partial charge on any atom is -0.493 e. The van der Waals surface area contributed by atoms with E-state index in [2.05, 4.69) is 28.1 Å². The molecule has 0 amide bonds. The number of methoxy groups -OCH3 is 1. The zero-order valence-electron chi connectivity index (χ0n) is 19.6. The van der Waals surface area contributed by atoms with E-state index in [0.717, 1.165) is 65.0 Å². The molecule has 0 aliphatic carbocycles. The second-order valence-corrected chi connectivity index (χ2v) is 9.02. The Morgan fingerprint density at radius 3 is 2.41 bits per heavy atom. The van der Waals surface area contributed by atoms with Gasteiger partial charge in [0.1, 0.15) is 18.5 Å². The zero-order valence-corrected chi connectivity index (χ0v) is 19.6. The van der Waals surface area contributed by atoms with E-state index < -0.39 is 6.10 Å². The molecule has 1 aliphatic rings. The summed E-state index contributed by atoms with van der Waals surface area (Å²) >= 11 is 0. The van der Waals surface area contributed by atoms with Crippen molar-refractivity contribution < 1.29 is 19.3 Å². The predicted molar refractivity (Wildman–Crippen MR) is 135 cm³/mol. The van der Waals surface area contributed by atoms with Gasteiger partial charge in [-0.2, -0.15) is 0 Å². The van der Waals surface area contributed by atoms with Gasteiger partial charge in [0.15, 0.2) is 11.5 Å². The molecule has 1 fully saturated rings. The Morgan fingerprint density at radius 2 is 1.59 bits per heavy atom. The minimum atomic E-state index is -0.540. The van der Waals surface area contributed by atoms with Crippen molar-refractivity contribution in [1.82, 2.24) is 9.88 Å². The van der Waals surface area contributed by atoms with Gasteiger partial charge >= 0.3 is 0 Å². The fraction of sp³-hybridized carbons (Fsp3) is 0.357. The molecule has 4 aromatic rings. The third-order valence-corrected chi connectivity index (χ3v) is 6.64. The lowest BCUT2D eigenvalue weighted by atomic mass is 9.97. The van der Waals surface area contributed by atoms with Gasteiger partial charge < -0.3 is 29.2 Å². The summed E-state index contributed by atoms with van der Waals surface area (Å²) in [5, 5.41) is 12.9. The van der Waals surface area contributed by atoms with E-state index >= 15 is 0 Å². The van der Waals surface area contributed by atoms with E-state index in [0.29, 0.717) is 19.1 Å². The number of rotatable bonds is 9. The van der Waals surface area contributed by atoms with Crippen molar-refractivity contribution in [2.24, 2.45) is 5.92 Å². The molecule has 1 aromatic heterocycles. The number of H-pyrrole nitrogens is 1. The minimum absolute atomic E-state index is 0.273. The molecule has 6 heteroatoms. The van der Waals surface area contributed by atoms with Crippen LogP contribution >= 0.6 is 0 Å². The fourth-order valence-electron chi connectivity index (χ4n) is 4.81. The molecule has 34 heavy (non-hydrogen) atoms. The SMILES string of the molecule is COc1ccccc1OCC1CCN(CC(O)COc2cccc3[nH]c4ccccc4c23)CC1. The van der Waals surface area contributed by atoms with Crippen LogP contribution in [-0.4, -0.2) is 61.1 Å². The first kappa shape index (κ1) is 22.6. The van der Waals surface area contributed by atoms with Crippen LogP contribution in [0.25, 0.3) is 21.8 Å². The van der Waals surface area contributed by atoms with Crippen molar-refractivity contribution in [3.8, 4) is 17.2 Å². The topological polar surface area (TPSA) is 67.0 Å². The number of aromatic amines is 1. The van der Waals surface area contributed by atoms with E-state index in [1.54, 1.807) is 7.11 Å². The number of para-hydroxylation sites is 3. The predicted octanol–water partition coefficient (Wildman–Crippen LogP) is 4.86. The maximum Gasteiger partial charge on any atom is 0.161 e. The molecular weight excluding hydrogens is 428 g/mol. The molecule has 0 radical (unpaired) electrons. The number of aromatic nitrogens is 1. The molecule has 2 heterocycles. The van der Waals surface area contributed by atoms with Gasteiger partial charge in [-0.05, 0) is 62.2 Å². The van der Waals surface area contributed by atoms with Gasteiger partial charge in [0.05, 0.1) is 19.2 Å². The Bertz CT molecular complexity index is 1230. The van der Waals surface area contributed by atoms with Crippen molar-refractivity contribution in [3.05, 3.63) is 66.7 Å². The van der Waals surface area contributed by atoms with E-state index in [1.807, 2.05) is 48.5 Å². The van der Waals surface area contributed by atoms with Crippen LogP contribution in [0, 0.1) is 5.92 Å². The number of fused-ring (bicyclic) bond motifs is 3. The Kier molecular flexibility index (Phi) is 6.88. The second kappa shape index (κ2) is 10.4. The molecule has 2 N–H and O–H groups in total. The van der Waals surface area contributed by atoms with Crippen LogP contribution in [0.15, 0.2) is 66.7 Å². The number of hydrogen-bond donors (Lipinski definition) is 2. The molecule has 1 saturated heterocycles. The number of aliphatic hydroxyl groups is 1. The van der Waals surface area contributed by atoms with Gasteiger partial charge in [0.25, 0.3) is 0 Å². The van der Waals surface area contributed by atoms with Crippen LogP contribution in [0.3, 0.4) is 0 Å². The first-order chi connectivity index (χ1) is 16.7. The normalized spacial score (nSPS) is 16.1. The Labute approximate surface area is 200 Å². The third-order valence-electron chi connectivity index (χ3n) is 6.64. The molecule has 5 rings (SSSR count). The van der Waals surface area contributed by atoms with Crippen molar-refractivity contribution in [2.75, 3.05) is 40.0 Å². The smallest absolute Gasteiger partial charge is 0.161 e. The van der Waals surface area contributed by atoms with Crippen LogP contribution in [0.5, 0.6) is 17.2 Å². The number of nitrogens with zero attached hydrogens (tertiary/aromatic N) is 1. The summed E-state index contributed by atoms with van der Waals surface area (Å²) in [5.41, 5.74) is 2.14. The summed E-state index contributed by atoms with van der Waals surface area (Å²) in [5.74, 6) is 2.88. The van der Waals surface area contributed by atoms with Crippen LogP contribution in [0.1, 0.15) is 12.8 Å². The standard InChI is InChI=1S/C28H32N2O4/c1-32-25-10-4-5-11-26(25)33-18-20-13-15-30(16-14-20)17-21(31)19-34-27-12-6-9-24-28(27)22-7-2-3-8-23(22)29-24/h2-12,20-21,29,31H,13-19H2,1H3. The monoisotopic (exact) mass is 460 g/mol. The van der Waals surface area contributed by atoms with E-state index in [4.69, 9.17) is 14.2 Å². The summed E-state index contributed by atoms with van der Waals surface area (Å²) in [6, 6.07) is 22.0. The molecule has 178 valence electrons. The number of likely N-dealkylation sites (tertiary alicyclic amines) is 1. The highest BCUT2D eigenvalue weighted by Gasteiger charge is 2.22. The number of hydrogen-bond acceptors (Lipinski definition) is 5. The van der Waals surface area contributed by atoms with Crippen molar-refractivity contribution >= 4 is 21.8 Å². The number of piperidine rings is 1. The highest BCUT2D eigenvalue weighted by Crippen LogP contribution is 2.33.